The van der Waals surface area contributed by atoms with E-state index in [1.165, 1.54) is 29.4 Å². The minimum Gasteiger partial charge on any atom is -0.480 e. The van der Waals surface area contributed by atoms with Crippen molar-refractivity contribution in [1.29, 1.82) is 0 Å². The number of thiophene rings is 1. The number of hydrogen-bond acceptors (Lipinski definition) is 4. The Hall–Kier alpha value is -2.15. The van der Waals surface area contributed by atoms with Crippen LogP contribution in [0.1, 0.15) is 9.67 Å². The Morgan fingerprint density at radius 3 is 2.60 bits per heavy atom. The van der Waals surface area contributed by atoms with Crippen molar-refractivity contribution in [3.63, 3.8) is 0 Å². The maximum Gasteiger partial charge on any atom is 0.323 e. The highest BCUT2D eigenvalue weighted by Gasteiger charge is 2.20. The van der Waals surface area contributed by atoms with Gasteiger partial charge in [0.25, 0.3) is 5.91 Å². The third-order valence-electron chi connectivity index (χ3n) is 2.48. The number of carbonyl (C=O) groups excluding carboxylic acids is 2. The molecule has 0 fully saturated rings. The van der Waals surface area contributed by atoms with Crippen LogP contribution in [0.15, 0.2) is 30.2 Å². The lowest BCUT2D eigenvalue weighted by atomic mass is 10.3. The van der Waals surface area contributed by atoms with Gasteiger partial charge in [0.05, 0.1) is 11.4 Å². The molecular formula is C13H16N2O4S. The fraction of sp³-hybridized carbons (Fsp3) is 0.308. The monoisotopic (exact) mass is 296 g/mol. The lowest BCUT2D eigenvalue weighted by Crippen LogP contribution is -2.43. The molecule has 0 aliphatic heterocycles. The number of carbonyl (C=O) groups is 3. The number of likely N-dealkylation sites (N-methyl/N-ethyl adjacent to an activating group) is 1. The van der Waals surface area contributed by atoms with Gasteiger partial charge in [-0.2, -0.15) is 0 Å². The van der Waals surface area contributed by atoms with Crippen LogP contribution in [0.3, 0.4) is 0 Å². The molecule has 1 N–H and O–H groups in total. The van der Waals surface area contributed by atoms with Crippen molar-refractivity contribution in [2.24, 2.45) is 0 Å². The first-order valence-electron chi connectivity index (χ1n) is 5.85. The Labute approximate surface area is 120 Å². The summed E-state index contributed by atoms with van der Waals surface area (Å²) in [6, 6.07) is 3.43. The minimum absolute atomic E-state index is 0.131. The fourth-order valence-electron chi connectivity index (χ4n) is 1.54. The molecule has 0 bridgehead atoms. The Kier molecular flexibility index (Phi) is 5.92. The van der Waals surface area contributed by atoms with E-state index >= 15 is 0 Å². The highest BCUT2D eigenvalue weighted by atomic mass is 32.1. The molecule has 1 rings (SSSR count). The molecule has 1 heterocycles. The maximum atomic E-state index is 12.0. The van der Waals surface area contributed by atoms with Crippen LogP contribution in [0.2, 0.25) is 0 Å². The summed E-state index contributed by atoms with van der Waals surface area (Å²) in [4.78, 5) is 37.6. The van der Waals surface area contributed by atoms with E-state index in [0.717, 1.165) is 4.90 Å². The van der Waals surface area contributed by atoms with Gasteiger partial charge in [-0.3, -0.25) is 14.4 Å². The summed E-state index contributed by atoms with van der Waals surface area (Å²) in [5.74, 6) is -1.80. The molecule has 0 atom stereocenters. The number of carboxylic acid groups (broad SMARTS) is 1. The zero-order chi connectivity index (χ0) is 15.1. The first-order chi connectivity index (χ1) is 9.45. The van der Waals surface area contributed by atoms with E-state index in [2.05, 4.69) is 6.58 Å². The highest BCUT2D eigenvalue weighted by Crippen LogP contribution is 2.11. The molecule has 7 heteroatoms. The van der Waals surface area contributed by atoms with Gasteiger partial charge in [0.15, 0.2) is 0 Å². The lowest BCUT2D eigenvalue weighted by molar-refractivity contribution is -0.144. The van der Waals surface area contributed by atoms with Crippen LogP contribution in [0, 0.1) is 0 Å². The predicted molar refractivity (Wildman–Crippen MR) is 75.7 cm³/mol. The minimum atomic E-state index is -1.10. The average molecular weight is 296 g/mol. The first-order valence-corrected chi connectivity index (χ1v) is 6.73. The number of carboxylic acids is 1. The summed E-state index contributed by atoms with van der Waals surface area (Å²) >= 11 is 1.29. The van der Waals surface area contributed by atoms with Gasteiger partial charge < -0.3 is 14.9 Å². The molecule has 20 heavy (non-hydrogen) atoms. The van der Waals surface area contributed by atoms with Crippen molar-refractivity contribution in [3.8, 4) is 0 Å². The van der Waals surface area contributed by atoms with Crippen LogP contribution in [0.25, 0.3) is 0 Å². The van der Waals surface area contributed by atoms with Crippen molar-refractivity contribution in [2.75, 3.05) is 26.7 Å². The molecule has 0 saturated heterocycles. The predicted octanol–water partition coefficient (Wildman–Crippen LogP) is 0.919. The molecule has 0 saturated carbocycles. The Balaban J connectivity index is 2.64. The SMILES string of the molecule is C=CCN(CC(=O)O)C(=O)CN(C)C(=O)c1cccs1. The van der Waals surface area contributed by atoms with E-state index in [1.807, 2.05) is 0 Å². The number of aliphatic carboxylic acids is 1. The number of amides is 2. The van der Waals surface area contributed by atoms with Gasteiger partial charge in [-0.25, -0.2) is 0 Å². The topological polar surface area (TPSA) is 77.9 Å². The normalized spacial score (nSPS) is 9.85. The lowest BCUT2D eigenvalue weighted by Gasteiger charge is -2.22. The van der Waals surface area contributed by atoms with Crippen molar-refractivity contribution in [1.82, 2.24) is 9.80 Å². The molecule has 0 aromatic carbocycles. The summed E-state index contributed by atoms with van der Waals surface area (Å²) in [6.07, 6.45) is 1.45. The van der Waals surface area contributed by atoms with Gasteiger partial charge >= 0.3 is 5.97 Å². The zero-order valence-electron chi connectivity index (χ0n) is 11.1. The molecule has 108 valence electrons. The molecule has 0 aliphatic rings. The Morgan fingerprint density at radius 1 is 1.40 bits per heavy atom. The second-order valence-corrected chi connectivity index (χ2v) is 5.04. The van der Waals surface area contributed by atoms with Crippen molar-refractivity contribution < 1.29 is 19.5 Å². The Bertz CT molecular complexity index is 498. The summed E-state index contributed by atoms with van der Waals surface area (Å²) in [7, 11) is 1.51. The standard InChI is InChI=1S/C13H16N2O4S/c1-3-6-15(9-12(17)18)11(16)8-14(2)13(19)10-5-4-7-20-10/h3-5,7H,1,6,8-9H2,2H3,(H,17,18). The van der Waals surface area contributed by atoms with Gasteiger partial charge in [0, 0.05) is 13.6 Å². The van der Waals surface area contributed by atoms with Crippen LogP contribution in [0.4, 0.5) is 0 Å². The molecule has 2 amide bonds. The van der Waals surface area contributed by atoms with Crippen molar-refractivity contribution in [3.05, 3.63) is 35.0 Å². The molecular weight excluding hydrogens is 280 g/mol. The third kappa shape index (κ3) is 4.51. The van der Waals surface area contributed by atoms with Crippen LogP contribution in [-0.4, -0.2) is 59.4 Å². The second kappa shape index (κ2) is 7.44. The summed E-state index contributed by atoms with van der Waals surface area (Å²) in [5, 5.41) is 10.5. The van der Waals surface area contributed by atoms with Crippen molar-refractivity contribution >= 4 is 29.1 Å². The van der Waals surface area contributed by atoms with Crippen molar-refractivity contribution in [2.45, 2.75) is 0 Å². The zero-order valence-corrected chi connectivity index (χ0v) is 11.9. The van der Waals surface area contributed by atoms with Gasteiger partial charge in [-0.15, -0.1) is 17.9 Å². The quantitative estimate of drug-likeness (QED) is 0.759. The Morgan fingerprint density at radius 2 is 2.10 bits per heavy atom. The molecule has 0 spiro atoms. The molecule has 0 aliphatic carbocycles. The van der Waals surface area contributed by atoms with E-state index in [9.17, 15) is 14.4 Å². The van der Waals surface area contributed by atoms with E-state index in [0.29, 0.717) is 4.88 Å². The number of nitrogens with zero attached hydrogens (tertiary/aromatic N) is 2. The molecule has 0 unspecified atom stereocenters. The number of hydrogen-bond donors (Lipinski definition) is 1. The van der Waals surface area contributed by atoms with Gasteiger partial charge in [0.1, 0.15) is 6.54 Å². The van der Waals surface area contributed by atoms with Gasteiger partial charge in [-0.1, -0.05) is 12.1 Å². The van der Waals surface area contributed by atoms with Gasteiger partial charge in [0.2, 0.25) is 5.91 Å². The van der Waals surface area contributed by atoms with E-state index in [4.69, 9.17) is 5.11 Å². The smallest absolute Gasteiger partial charge is 0.323 e. The third-order valence-corrected chi connectivity index (χ3v) is 3.34. The van der Waals surface area contributed by atoms with E-state index in [1.54, 1.807) is 17.5 Å². The molecule has 1 aromatic heterocycles. The second-order valence-electron chi connectivity index (χ2n) is 4.10. The molecule has 0 radical (unpaired) electrons. The van der Waals surface area contributed by atoms with E-state index in [-0.39, 0.29) is 19.0 Å². The fourth-order valence-corrected chi connectivity index (χ4v) is 2.25. The largest absolute Gasteiger partial charge is 0.480 e. The average Bonchev–Trinajstić information content (AvgIpc) is 2.90. The molecule has 6 nitrogen and oxygen atoms in total. The van der Waals surface area contributed by atoms with Crippen LogP contribution in [-0.2, 0) is 9.59 Å². The number of rotatable bonds is 7. The molecule has 1 aromatic rings. The van der Waals surface area contributed by atoms with Crippen LogP contribution >= 0.6 is 11.3 Å². The highest BCUT2D eigenvalue weighted by molar-refractivity contribution is 7.12. The first kappa shape index (κ1) is 15.9. The summed E-state index contributed by atoms with van der Waals surface area (Å²) in [5.41, 5.74) is 0. The van der Waals surface area contributed by atoms with E-state index < -0.39 is 18.4 Å². The van der Waals surface area contributed by atoms with Gasteiger partial charge in [-0.05, 0) is 11.4 Å². The summed E-state index contributed by atoms with van der Waals surface area (Å²) < 4.78 is 0. The van der Waals surface area contributed by atoms with Crippen LogP contribution in [0.5, 0.6) is 0 Å². The summed E-state index contributed by atoms with van der Waals surface area (Å²) in [6.45, 7) is 3.03. The maximum absolute atomic E-state index is 12.0. The van der Waals surface area contributed by atoms with Crippen LogP contribution < -0.4 is 0 Å².